The SMILES string of the molecule is NCC1CCCCC1NCC1CCC(O)C1. The molecule has 0 radical (unpaired) electrons. The summed E-state index contributed by atoms with van der Waals surface area (Å²) in [4.78, 5) is 0. The maximum atomic E-state index is 9.49. The molecule has 0 aromatic rings. The number of hydrogen-bond acceptors (Lipinski definition) is 3. The van der Waals surface area contributed by atoms with Crippen molar-refractivity contribution in [3.63, 3.8) is 0 Å². The van der Waals surface area contributed by atoms with Gasteiger partial charge in [-0.3, -0.25) is 0 Å². The van der Waals surface area contributed by atoms with Crippen molar-refractivity contribution in [2.24, 2.45) is 17.6 Å². The number of nitrogens with two attached hydrogens (primary N) is 1. The maximum absolute atomic E-state index is 9.49. The lowest BCUT2D eigenvalue weighted by molar-refractivity contribution is 0.175. The summed E-state index contributed by atoms with van der Waals surface area (Å²) in [6, 6.07) is 0.636. The van der Waals surface area contributed by atoms with Crippen LogP contribution in [0.5, 0.6) is 0 Å². The Morgan fingerprint density at radius 2 is 1.94 bits per heavy atom. The van der Waals surface area contributed by atoms with Crippen LogP contribution in [0.25, 0.3) is 0 Å². The third-order valence-electron chi connectivity index (χ3n) is 4.39. The molecule has 4 unspecified atom stereocenters. The van der Waals surface area contributed by atoms with E-state index in [2.05, 4.69) is 5.32 Å². The first kappa shape index (κ1) is 12.3. The number of hydrogen-bond donors (Lipinski definition) is 3. The number of nitrogens with one attached hydrogen (secondary N) is 1. The lowest BCUT2D eigenvalue weighted by atomic mass is 9.84. The van der Waals surface area contributed by atoms with Crippen LogP contribution in [0, 0.1) is 11.8 Å². The van der Waals surface area contributed by atoms with Gasteiger partial charge in [0.2, 0.25) is 0 Å². The van der Waals surface area contributed by atoms with E-state index in [0.29, 0.717) is 17.9 Å². The molecule has 0 aliphatic heterocycles. The fraction of sp³-hybridized carbons (Fsp3) is 1.00. The largest absolute Gasteiger partial charge is 0.393 e. The van der Waals surface area contributed by atoms with Crippen LogP contribution in [0.1, 0.15) is 44.9 Å². The normalized spacial score (nSPS) is 40.1. The third-order valence-corrected chi connectivity index (χ3v) is 4.39. The van der Waals surface area contributed by atoms with E-state index in [4.69, 9.17) is 5.73 Å². The van der Waals surface area contributed by atoms with E-state index in [1.807, 2.05) is 0 Å². The van der Waals surface area contributed by atoms with Crippen LogP contribution in [0.3, 0.4) is 0 Å². The first-order chi connectivity index (χ1) is 7.79. The first-order valence-corrected chi connectivity index (χ1v) is 6.91. The van der Waals surface area contributed by atoms with E-state index in [1.165, 1.54) is 32.1 Å². The van der Waals surface area contributed by atoms with Crippen LogP contribution in [-0.2, 0) is 0 Å². The van der Waals surface area contributed by atoms with Crippen molar-refractivity contribution in [2.45, 2.75) is 57.1 Å². The quantitative estimate of drug-likeness (QED) is 0.676. The lowest BCUT2D eigenvalue weighted by Crippen LogP contribution is -2.43. The van der Waals surface area contributed by atoms with Crippen LogP contribution in [-0.4, -0.2) is 30.3 Å². The Kier molecular flexibility index (Phi) is 4.62. The highest BCUT2D eigenvalue weighted by atomic mass is 16.3. The molecule has 2 fully saturated rings. The van der Waals surface area contributed by atoms with E-state index >= 15 is 0 Å². The molecular weight excluding hydrogens is 200 g/mol. The summed E-state index contributed by atoms with van der Waals surface area (Å²) >= 11 is 0. The molecule has 0 aromatic carbocycles. The lowest BCUT2D eigenvalue weighted by Gasteiger charge is -2.32. The van der Waals surface area contributed by atoms with Crippen LogP contribution in [0.4, 0.5) is 0 Å². The van der Waals surface area contributed by atoms with E-state index in [-0.39, 0.29) is 6.10 Å². The Morgan fingerprint density at radius 1 is 1.12 bits per heavy atom. The molecule has 0 bridgehead atoms. The molecule has 3 nitrogen and oxygen atoms in total. The van der Waals surface area contributed by atoms with Crippen molar-refractivity contribution in [1.82, 2.24) is 5.32 Å². The second-order valence-corrected chi connectivity index (χ2v) is 5.63. The molecule has 0 aromatic heterocycles. The molecule has 2 saturated carbocycles. The number of aliphatic hydroxyl groups is 1. The van der Waals surface area contributed by atoms with Gasteiger partial charge in [-0.15, -0.1) is 0 Å². The molecule has 4 atom stereocenters. The molecule has 0 spiro atoms. The molecular formula is C13H26N2O. The predicted molar refractivity (Wildman–Crippen MR) is 66.2 cm³/mol. The molecule has 2 aliphatic rings. The first-order valence-electron chi connectivity index (χ1n) is 6.91. The van der Waals surface area contributed by atoms with Gasteiger partial charge in [0.15, 0.2) is 0 Å². The van der Waals surface area contributed by atoms with Crippen molar-refractivity contribution in [2.75, 3.05) is 13.1 Å². The standard InChI is InChI=1S/C13H26N2O/c14-8-11-3-1-2-4-13(11)15-9-10-5-6-12(16)7-10/h10-13,15-16H,1-9,14H2. The van der Waals surface area contributed by atoms with Gasteiger partial charge in [-0.1, -0.05) is 12.8 Å². The molecule has 3 heteroatoms. The van der Waals surface area contributed by atoms with Crippen molar-refractivity contribution in [3.8, 4) is 0 Å². The summed E-state index contributed by atoms with van der Waals surface area (Å²) in [7, 11) is 0. The van der Waals surface area contributed by atoms with Gasteiger partial charge in [-0.2, -0.15) is 0 Å². The molecule has 0 heterocycles. The fourth-order valence-corrected chi connectivity index (χ4v) is 3.31. The fourth-order valence-electron chi connectivity index (χ4n) is 3.31. The minimum Gasteiger partial charge on any atom is -0.393 e. The third kappa shape index (κ3) is 3.19. The zero-order valence-electron chi connectivity index (χ0n) is 10.2. The molecule has 0 amide bonds. The highest BCUT2D eigenvalue weighted by Gasteiger charge is 2.26. The van der Waals surface area contributed by atoms with E-state index in [9.17, 15) is 5.11 Å². The average molecular weight is 226 g/mol. The molecule has 2 aliphatic carbocycles. The minimum absolute atomic E-state index is 0.0385. The minimum atomic E-state index is -0.0385. The van der Waals surface area contributed by atoms with Gasteiger partial charge < -0.3 is 16.2 Å². The van der Waals surface area contributed by atoms with Crippen LogP contribution in [0.2, 0.25) is 0 Å². The summed E-state index contributed by atoms with van der Waals surface area (Å²) in [5, 5.41) is 13.2. The Labute approximate surface area is 98.8 Å². The van der Waals surface area contributed by atoms with Gasteiger partial charge in [0.1, 0.15) is 0 Å². The summed E-state index contributed by atoms with van der Waals surface area (Å²) in [5.74, 6) is 1.37. The second kappa shape index (κ2) is 5.99. The summed E-state index contributed by atoms with van der Waals surface area (Å²) in [6.45, 7) is 1.91. The van der Waals surface area contributed by atoms with Crippen molar-refractivity contribution >= 4 is 0 Å². The van der Waals surface area contributed by atoms with E-state index < -0.39 is 0 Å². The summed E-state index contributed by atoms with van der Waals surface area (Å²) in [6.07, 6.45) is 8.42. The van der Waals surface area contributed by atoms with Gasteiger partial charge in [-0.25, -0.2) is 0 Å². The van der Waals surface area contributed by atoms with Crippen molar-refractivity contribution in [3.05, 3.63) is 0 Å². The highest BCUT2D eigenvalue weighted by molar-refractivity contribution is 4.84. The second-order valence-electron chi connectivity index (χ2n) is 5.63. The van der Waals surface area contributed by atoms with Crippen LogP contribution in [0.15, 0.2) is 0 Å². The molecule has 2 rings (SSSR count). The Hall–Kier alpha value is -0.120. The predicted octanol–water partition coefficient (Wildman–Crippen LogP) is 1.25. The molecule has 16 heavy (non-hydrogen) atoms. The van der Waals surface area contributed by atoms with Gasteiger partial charge in [0.05, 0.1) is 6.10 Å². The van der Waals surface area contributed by atoms with Gasteiger partial charge in [-0.05, 0) is 57.0 Å². The van der Waals surface area contributed by atoms with Crippen molar-refractivity contribution < 1.29 is 5.11 Å². The van der Waals surface area contributed by atoms with Gasteiger partial charge in [0.25, 0.3) is 0 Å². The average Bonchev–Trinajstić information content (AvgIpc) is 2.73. The number of aliphatic hydroxyl groups excluding tert-OH is 1. The number of rotatable bonds is 4. The van der Waals surface area contributed by atoms with Gasteiger partial charge in [0, 0.05) is 6.04 Å². The smallest absolute Gasteiger partial charge is 0.0543 e. The topological polar surface area (TPSA) is 58.3 Å². The zero-order chi connectivity index (χ0) is 11.4. The maximum Gasteiger partial charge on any atom is 0.0543 e. The van der Waals surface area contributed by atoms with Crippen LogP contribution < -0.4 is 11.1 Å². The Balaban J connectivity index is 1.71. The van der Waals surface area contributed by atoms with E-state index in [0.717, 1.165) is 25.9 Å². The molecule has 4 N–H and O–H groups in total. The van der Waals surface area contributed by atoms with Crippen LogP contribution >= 0.6 is 0 Å². The summed E-state index contributed by atoms with van der Waals surface area (Å²) < 4.78 is 0. The van der Waals surface area contributed by atoms with Crippen molar-refractivity contribution in [1.29, 1.82) is 0 Å². The Morgan fingerprint density at radius 3 is 2.62 bits per heavy atom. The molecule has 0 saturated heterocycles. The van der Waals surface area contributed by atoms with E-state index in [1.54, 1.807) is 0 Å². The molecule has 94 valence electrons. The zero-order valence-corrected chi connectivity index (χ0v) is 10.2. The Bertz CT molecular complexity index is 210. The monoisotopic (exact) mass is 226 g/mol. The highest BCUT2D eigenvalue weighted by Crippen LogP contribution is 2.27. The van der Waals surface area contributed by atoms with Gasteiger partial charge >= 0.3 is 0 Å². The summed E-state index contributed by atoms with van der Waals surface area (Å²) in [5.41, 5.74) is 5.82.